The van der Waals surface area contributed by atoms with E-state index in [-0.39, 0.29) is 70.6 Å². The van der Waals surface area contributed by atoms with Crippen LogP contribution in [0, 0.1) is 0 Å². The molecule has 0 amide bonds. The van der Waals surface area contributed by atoms with Crippen LogP contribution in [-0.2, 0) is 0 Å². The zero-order valence-corrected chi connectivity index (χ0v) is 7.64. The van der Waals surface area contributed by atoms with Crippen LogP contribution < -0.4 is 10.2 Å². The summed E-state index contributed by atoms with van der Waals surface area (Å²) < 4.78 is 0. The summed E-state index contributed by atoms with van der Waals surface area (Å²) in [6.45, 7) is 0. The maximum atomic E-state index is 8.33. The van der Waals surface area contributed by atoms with Crippen LogP contribution in [-0.4, -0.2) is 76.8 Å². The second-order valence-electron chi connectivity index (χ2n) is 0.250. The number of carbonyl (C=O) groups excluding carboxylic acids is 1. The van der Waals surface area contributed by atoms with Gasteiger partial charge in [-0.25, -0.2) is 0 Å². The van der Waals surface area contributed by atoms with Crippen molar-refractivity contribution in [1.29, 1.82) is 0 Å². The first-order valence-corrected chi connectivity index (χ1v) is 0.612. The predicted molar refractivity (Wildman–Crippen MR) is 32.8 cm³/mol. The molecule has 72 valence electrons. The topological polar surface area (TPSA) is 252 Å². The van der Waals surface area contributed by atoms with Gasteiger partial charge in [0.15, 0.2) is 0 Å². The zero-order valence-electron chi connectivity index (χ0n) is 5.43. The van der Waals surface area contributed by atoms with Crippen molar-refractivity contribution in [2.24, 2.45) is 0 Å². The Balaban J connectivity index is -0.00000000214. The van der Waals surface area contributed by atoms with Crippen LogP contribution in [0.1, 0.15) is 0 Å². The molecule has 0 aromatic rings. The van der Waals surface area contributed by atoms with Crippen molar-refractivity contribution in [3.63, 3.8) is 0 Å². The minimum atomic E-state index is -2.33. The fourth-order valence-electron chi connectivity index (χ4n) is 0. The van der Waals surface area contributed by atoms with E-state index in [1.807, 2.05) is 0 Å². The molecule has 0 atom stereocenters. The molecule has 0 bridgehead atoms. The van der Waals surface area contributed by atoms with Gasteiger partial charge in [0.25, 0.3) is 0 Å². The molecule has 9 nitrogen and oxygen atoms in total. The molecule has 11 heavy (non-hydrogen) atoms. The van der Waals surface area contributed by atoms with Crippen molar-refractivity contribution >= 4 is 43.9 Å². The molecule has 0 aliphatic rings. The minimum absolute atomic E-state index is 0. The quantitative estimate of drug-likeness (QED) is 0.351. The number of rotatable bonds is 0. The average Bonchev–Trinajstić information content (AvgIpc) is 0.811. The molecule has 0 heterocycles. The Hall–Kier alpha value is 0.290. The molecule has 10 heteroatoms. The predicted octanol–water partition coefficient (Wildman–Crippen LogP) is -7.78. The Morgan fingerprint density at radius 2 is 0.727 bits per heavy atom. The third-order valence-corrected chi connectivity index (χ3v) is 0. The normalized spacial score (nSPS) is 2.18. The van der Waals surface area contributed by atoms with Gasteiger partial charge >= 0.3 is 37.7 Å². The van der Waals surface area contributed by atoms with Crippen molar-refractivity contribution in [1.82, 2.24) is 0 Å². The van der Waals surface area contributed by atoms with E-state index in [1.165, 1.54) is 0 Å². The summed E-state index contributed by atoms with van der Waals surface area (Å²) in [7, 11) is 0. The van der Waals surface area contributed by atoms with Gasteiger partial charge in [0.05, 0.1) is 0 Å². The van der Waals surface area contributed by atoms with Crippen molar-refractivity contribution in [3.05, 3.63) is 0 Å². The number of hydrogen-bond acceptors (Lipinski definition) is 3. The number of carboxylic acid groups (broad SMARTS) is 2. The van der Waals surface area contributed by atoms with Gasteiger partial charge in [0.1, 0.15) is 0 Å². The molecule has 0 saturated carbocycles. The number of hydrogen-bond donors (Lipinski definition) is 0. The van der Waals surface area contributed by atoms with Gasteiger partial charge in [-0.15, -0.1) is 0 Å². The van der Waals surface area contributed by atoms with Crippen LogP contribution in [0.3, 0.4) is 0 Å². The van der Waals surface area contributed by atoms with Crippen molar-refractivity contribution in [2.45, 2.75) is 0 Å². The SMILES string of the molecule is O.O.O.O.O.O.O=C([O-])[O-].[Ca+2]. The Labute approximate surface area is 91.5 Å². The van der Waals surface area contributed by atoms with E-state index < -0.39 is 6.16 Å². The van der Waals surface area contributed by atoms with Crippen LogP contribution in [0.5, 0.6) is 0 Å². The summed E-state index contributed by atoms with van der Waals surface area (Å²) in [4.78, 5) is 8.33. The van der Waals surface area contributed by atoms with Crippen LogP contribution >= 0.6 is 0 Å². The van der Waals surface area contributed by atoms with Gasteiger partial charge in [-0.05, 0) is 6.16 Å². The molecule has 0 aromatic carbocycles. The van der Waals surface area contributed by atoms with Gasteiger partial charge in [-0.1, -0.05) is 0 Å². The average molecular weight is 208 g/mol. The van der Waals surface area contributed by atoms with Crippen molar-refractivity contribution in [2.75, 3.05) is 0 Å². The van der Waals surface area contributed by atoms with Gasteiger partial charge in [0.2, 0.25) is 0 Å². The standard InChI is InChI=1S/CH2O3.Ca.6H2O/c2-1(3)4;;;;;;;/h(H2,2,3,4);;6*1H2/q;+2;;;;;;/p-2. The monoisotopic (exact) mass is 208 g/mol. The molecular weight excluding hydrogens is 196 g/mol. The molecule has 0 aliphatic heterocycles. The Kier molecular flexibility index (Phi) is 824. The van der Waals surface area contributed by atoms with Crippen LogP contribution in [0.2, 0.25) is 0 Å². The van der Waals surface area contributed by atoms with E-state index in [0.717, 1.165) is 0 Å². The van der Waals surface area contributed by atoms with E-state index >= 15 is 0 Å². The summed E-state index contributed by atoms with van der Waals surface area (Å²) in [6.07, 6.45) is -2.33. The van der Waals surface area contributed by atoms with E-state index in [0.29, 0.717) is 0 Å². The fraction of sp³-hybridized carbons (Fsp3) is 0. The fourth-order valence-corrected chi connectivity index (χ4v) is 0. The first kappa shape index (κ1) is 110. The molecule has 0 spiro atoms. The van der Waals surface area contributed by atoms with Crippen LogP contribution in [0.25, 0.3) is 0 Å². The summed E-state index contributed by atoms with van der Waals surface area (Å²) >= 11 is 0. The Bertz CT molecular complexity index is 32.5. The second kappa shape index (κ2) is 82.1. The molecule has 0 unspecified atom stereocenters. The van der Waals surface area contributed by atoms with Crippen molar-refractivity contribution < 1.29 is 47.9 Å². The number of carbonyl (C=O) groups is 1. The second-order valence-corrected chi connectivity index (χ2v) is 0.250. The summed E-state index contributed by atoms with van der Waals surface area (Å²) in [6, 6.07) is 0. The largest absolute Gasteiger partial charge is 2.00 e. The molecular formula is CH12CaO9. The summed E-state index contributed by atoms with van der Waals surface area (Å²) in [5, 5.41) is 16.7. The molecule has 0 fully saturated rings. The summed E-state index contributed by atoms with van der Waals surface area (Å²) in [5.74, 6) is 0. The van der Waals surface area contributed by atoms with E-state index in [2.05, 4.69) is 0 Å². The molecule has 12 N–H and O–H groups in total. The van der Waals surface area contributed by atoms with E-state index in [9.17, 15) is 0 Å². The maximum absolute atomic E-state index is 8.33. The molecule has 0 saturated heterocycles. The van der Waals surface area contributed by atoms with Crippen molar-refractivity contribution in [3.8, 4) is 0 Å². The first-order chi connectivity index (χ1) is 1.73. The molecule has 0 aromatic heterocycles. The van der Waals surface area contributed by atoms with Gasteiger partial charge in [-0.2, -0.15) is 0 Å². The van der Waals surface area contributed by atoms with Crippen LogP contribution in [0.15, 0.2) is 0 Å². The summed E-state index contributed by atoms with van der Waals surface area (Å²) in [5.41, 5.74) is 0. The van der Waals surface area contributed by atoms with E-state index in [4.69, 9.17) is 15.0 Å². The molecule has 0 radical (unpaired) electrons. The van der Waals surface area contributed by atoms with E-state index in [1.54, 1.807) is 0 Å². The minimum Gasteiger partial charge on any atom is -0.652 e. The molecule has 0 aliphatic carbocycles. The Morgan fingerprint density at radius 1 is 0.727 bits per heavy atom. The van der Waals surface area contributed by atoms with Gasteiger partial charge in [-0.3, -0.25) is 0 Å². The van der Waals surface area contributed by atoms with Gasteiger partial charge < -0.3 is 47.9 Å². The Morgan fingerprint density at radius 3 is 0.727 bits per heavy atom. The first-order valence-electron chi connectivity index (χ1n) is 0.612. The third kappa shape index (κ3) is 8420. The third-order valence-electron chi connectivity index (χ3n) is 0. The molecule has 0 rings (SSSR count). The maximum Gasteiger partial charge on any atom is 2.00 e. The smallest absolute Gasteiger partial charge is 0.652 e. The zero-order chi connectivity index (χ0) is 3.58. The van der Waals surface area contributed by atoms with Gasteiger partial charge in [0, 0.05) is 0 Å². The van der Waals surface area contributed by atoms with Crippen LogP contribution in [0.4, 0.5) is 4.79 Å².